The molecule has 6 nitrogen and oxygen atoms in total. The highest BCUT2D eigenvalue weighted by Crippen LogP contribution is 2.37. The average Bonchev–Trinajstić information content (AvgIpc) is 3.11. The van der Waals surface area contributed by atoms with E-state index in [0.29, 0.717) is 17.1 Å². The predicted molar refractivity (Wildman–Crippen MR) is 124 cm³/mol. The maximum atomic E-state index is 11.2. The maximum absolute atomic E-state index is 11.2. The van der Waals surface area contributed by atoms with E-state index in [0.717, 1.165) is 23.5 Å². The lowest BCUT2D eigenvalue weighted by Gasteiger charge is -2.38. The molecule has 1 fully saturated rings. The van der Waals surface area contributed by atoms with E-state index >= 15 is 0 Å². The van der Waals surface area contributed by atoms with Crippen molar-refractivity contribution in [3.8, 4) is 0 Å². The van der Waals surface area contributed by atoms with Crippen molar-refractivity contribution >= 4 is 45.6 Å². The minimum atomic E-state index is -0.791. The molecule has 1 aromatic carbocycles. The van der Waals surface area contributed by atoms with E-state index in [1.807, 2.05) is 6.92 Å². The Morgan fingerprint density at radius 2 is 2.03 bits per heavy atom. The Morgan fingerprint density at radius 3 is 2.63 bits per heavy atom. The summed E-state index contributed by atoms with van der Waals surface area (Å²) in [5.74, 6) is -0.342. The van der Waals surface area contributed by atoms with E-state index in [4.69, 9.17) is 11.6 Å². The first-order chi connectivity index (χ1) is 14.3. The van der Waals surface area contributed by atoms with Crippen LogP contribution < -0.4 is 10.2 Å². The molecule has 1 aliphatic carbocycles. The molecular weight excluding hydrogens is 420 g/mol. The molecule has 0 bridgehead atoms. The smallest absolute Gasteiger partial charge is 0.303 e. The van der Waals surface area contributed by atoms with Crippen molar-refractivity contribution in [1.29, 1.82) is 0 Å². The van der Waals surface area contributed by atoms with Crippen molar-refractivity contribution < 1.29 is 9.90 Å². The highest BCUT2D eigenvalue weighted by Gasteiger charge is 2.25. The second-order valence-corrected chi connectivity index (χ2v) is 9.70. The van der Waals surface area contributed by atoms with Gasteiger partial charge in [-0.05, 0) is 54.0 Å². The molecule has 1 aliphatic rings. The third-order valence-electron chi connectivity index (χ3n) is 5.60. The highest BCUT2D eigenvalue weighted by molar-refractivity contribution is 7.10. The zero-order valence-electron chi connectivity index (χ0n) is 17.9. The van der Waals surface area contributed by atoms with E-state index in [9.17, 15) is 9.90 Å². The molecule has 1 heterocycles. The van der Waals surface area contributed by atoms with Crippen LogP contribution in [0.2, 0.25) is 5.28 Å². The monoisotopic (exact) mass is 450 g/mol. The second kappa shape index (κ2) is 10.4. The van der Waals surface area contributed by atoms with Crippen LogP contribution in [-0.4, -0.2) is 33.0 Å². The van der Waals surface area contributed by atoms with Gasteiger partial charge in [-0.2, -0.15) is 9.36 Å². The number of benzene rings is 1. The Hall–Kier alpha value is -1.86. The van der Waals surface area contributed by atoms with Crippen LogP contribution in [0.5, 0.6) is 0 Å². The molecule has 2 aromatic rings. The molecule has 2 N–H and O–H groups in total. The Balaban J connectivity index is 1.99. The number of nitrogens with zero attached hydrogens (tertiary/aromatic N) is 3. The lowest BCUT2D eigenvalue weighted by atomic mass is 9.92. The van der Waals surface area contributed by atoms with Crippen LogP contribution in [0.4, 0.5) is 16.5 Å². The number of carbonyl (C=O) groups is 1. The maximum Gasteiger partial charge on any atom is 0.303 e. The van der Waals surface area contributed by atoms with E-state index in [1.165, 1.54) is 43.6 Å². The standard InChI is InChI=1S/C22H31ClN4O2S/c1-14(2)13-27(17-7-5-4-6-8-17)19-10-9-16(15(3)11-20(28)29)12-18(19)24-22-25-21(23)26-30-22/h9-10,12,14-15,17H,4-8,11,13H2,1-3H3,(H,28,29)(H,24,25,26). The molecule has 1 saturated carbocycles. The molecule has 0 amide bonds. The second-order valence-electron chi connectivity index (χ2n) is 8.61. The molecule has 8 heteroatoms. The molecule has 164 valence electrons. The summed E-state index contributed by atoms with van der Waals surface area (Å²) in [7, 11) is 0. The van der Waals surface area contributed by atoms with Crippen LogP contribution in [0.3, 0.4) is 0 Å². The zero-order chi connectivity index (χ0) is 21.7. The first-order valence-electron chi connectivity index (χ1n) is 10.7. The highest BCUT2D eigenvalue weighted by atomic mass is 35.5. The van der Waals surface area contributed by atoms with E-state index < -0.39 is 5.97 Å². The summed E-state index contributed by atoms with van der Waals surface area (Å²) in [6, 6.07) is 6.78. The number of carboxylic acid groups (broad SMARTS) is 1. The van der Waals surface area contributed by atoms with E-state index in [1.54, 1.807) is 0 Å². The fourth-order valence-corrected chi connectivity index (χ4v) is 4.92. The number of aliphatic carboxylic acids is 1. The van der Waals surface area contributed by atoms with Crippen LogP contribution in [0, 0.1) is 5.92 Å². The van der Waals surface area contributed by atoms with Gasteiger partial charge in [-0.15, -0.1) is 0 Å². The fraction of sp³-hybridized carbons (Fsp3) is 0.591. The first kappa shape index (κ1) is 22.8. The third kappa shape index (κ3) is 6.08. The van der Waals surface area contributed by atoms with Crippen LogP contribution >= 0.6 is 23.1 Å². The fourth-order valence-electron chi connectivity index (χ4n) is 4.19. The molecule has 0 spiro atoms. The number of aromatic nitrogens is 2. The normalized spacial score (nSPS) is 15.9. The van der Waals surface area contributed by atoms with Gasteiger partial charge in [0.25, 0.3) is 0 Å². The van der Waals surface area contributed by atoms with E-state index in [2.05, 4.69) is 51.6 Å². The van der Waals surface area contributed by atoms with Gasteiger partial charge in [0.1, 0.15) is 0 Å². The van der Waals surface area contributed by atoms with Crippen molar-refractivity contribution in [2.45, 2.75) is 71.3 Å². The minimum Gasteiger partial charge on any atom is -0.481 e. The Morgan fingerprint density at radius 1 is 1.30 bits per heavy atom. The first-order valence-corrected chi connectivity index (χ1v) is 11.9. The number of hydrogen-bond donors (Lipinski definition) is 2. The number of halogens is 1. The summed E-state index contributed by atoms with van der Waals surface area (Å²) in [5, 5.41) is 13.5. The van der Waals surface area contributed by atoms with E-state index in [-0.39, 0.29) is 17.6 Å². The molecular formula is C22H31ClN4O2S. The van der Waals surface area contributed by atoms with Crippen molar-refractivity contribution in [1.82, 2.24) is 9.36 Å². The Labute approximate surface area is 187 Å². The van der Waals surface area contributed by atoms with Gasteiger partial charge in [-0.25, -0.2) is 0 Å². The van der Waals surface area contributed by atoms with Crippen LogP contribution in [0.15, 0.2) is 18.2 Å². The molecule has 1 aromatic heterocycles. The predicted octanol–water partition coefficient (Wildman–Crippen LogP) is 6.31. The average molecular weight is 451 g/mol. The number of carboxylic acids is 1. The minimum absolute atomic E-state index is 0.0802. The number of anilines is 3. The summed E-state index contributed by atoms with van der Waals surface area (Å²) in [4.78, 5) is 18.0. The summed E-state index contributed by atoms with van der Waals surface area (Å²) < 4.78 is 4.06. The molecule has 1 atom stereocenters. The largest absolute Gasteiger partial charge is 0.481 e. The van der Waals surface area contributed by atoms with Crippen LogP contribution in [0.1, 0.15) is 70.8 Å². The topological polar surface area (TPSA) is 78.4 Å². The summed E-state index contributed by atoms with van der Waals surface area (Å²) in [6.07, 6.45) is 6.35. The molecule has 1 unspecified atom stereocenters. The Kier molecular flexibility index (Phi) is 7.94. The van der Waals surface area contributed by atoms with Crippen LogP contribution in [0.25, 0.3) is 0 Å². The van der Waals surface area contributed by atoms with Crippen molar-refractivity contribution in [2.75, 3.05) is 16.8 Å². The van der Waals surface area contributed by atoms with Gasteiger partial charge in [-0.3, -0.25) is 4.79 Å². The third-order valence-corrected chi connectivity index (χ3v) is 6.50. The van der Waals surface area contributed by atoms with Crippen molar-refractivity contribution in [3.05, 3.63) is 29.0 Å². The molecule has 0 saturated heterocycles. The SMILES string of the molecule is CC(C)CN(c1ccc(C(C)CC(=O)O)cc1Nc1nc(Cl)ns1)C1CCCCC1. The summed E-state index contributed by atoms with van der Waals surface area (Å²) in [6.45, 7) is 7.41. The van der Waals surface area contributed by atoms with Gasteiger partial charge in [0, 0.05) is 24.1 Å². The number of rotatable bonds is 9. The number of hydrogen-bond acceptors (Lipinski definition) is 6. The molecule has 30 heavy (non-hydrogen) atoms. The van der Waals surface area contributed by atoms with Crippen molar-refractivity contribution in [2.24, 2.45) is 5.92 Å². The zero-order valence-corrected chi connectivity index (χ0v) is 19.5. The van der Waals surface area contributed by atoms with Gasteiger partial charge in [-0.1, -0.05) is 46.1 Å². The Bertz CT molecular complexity index is 851. The molecule has 0 aliphatic heterocycles. The summed E-state index contributed by atoms with van der Waals surface area (Å²) in [5.41, 5.74) is 3.06. The van der Waals surface area contributed by atoms with Crippen molar-refractivity contribution in [3.63, 3.8) is 0 Å². The van der Waals surface area contributed by atoms with Crippen LogP contribution in [-0.2, 0) is 4.79 Å². The molecule has 0 radical (unpaired) electrons. The van der Waals surface area contributed by atoms with Gasteiger partial charge >= 0.3 is 5.97 Å². The molecule has 3 rings (SSSR count). The van der Waals surface area contributed by atoms with Gasteiger partial charge in [0.2, 0.25) is 10.4 Å². The lowest BCUT2D eigenvalue weighted by molar-refractivity contribution is -0.137. The van der Waals surface area contributed by atoms with Gasteiger partial charge in [0.05, 0.1) is 17.8 Å². The van der Waals surface area contributed by atoms with Gasteiger partial charge < -0.3 is 15.3 Å². The summed E-state index contributed by atoms with van der Waals surface area (Å²) >= 11 is 7.15. The number of nitrogens with one attached hydrogen (secondary N) is 1. The quantitative estimate of drug-likeness (QED) is 0.466. The lowest BCUT2D eigenvalue weighted by Crippen LogP contribution is -2.39. The van der Waals surface area contributed by atoms with Gasteiger partial charge in [0.15, 0.2) is 0 Å².